The van der Waals surface area contributed by atoms with E-state index in [4.69, 9.17) is 30.1 Å². The first-order chi connectivity index (χ1) is 9.06. The summed E-state index contributed by atoms with van der Waals surface area (Å²) in [4.78, 5) is 9.95. The number of alkyl halides is 1. The largest absolute Gasteiger partial charge is 0.456 e. The van der Waals surface area contributed by atoms with E-state index in [0.29, 0.717) is 0 Å². The summed E-state index contributed by atoms with van der Waals surface area (Å²) in [5.74, 6) is -0.987. The Morgan fingerprint density at radius 2 is 1.50 bits per heavy atom. The van der Waals surface area contributed by atoms with Crippen LogP contribution in [0.1, 0.15) is 41.5 Å². The van der Waals surface area contributed by atoms with Gasteiger partial charge in [-0.05, 0) is 41.5 Å². The van der Waals surface area contributed by atoms with E-state index < -0.39 is 24.0 Å². The third kappa shape index (κ3) is 5.01. The molecule has 0 aromatic carbocycles. The summed E-state index contributed by atoms with van der Waals surface area (Å²) in [5.41, 5.74) is -0.808. The van der Waals surface area contributed by atoms with Crippen LogP contribution in [0.15, 0.2) is 0 Å². The molecule has 1 unspecified atom stereocenters. The van der Waals surface area contributed by atoms with Crippen LogP contribution in [0.4, 0.5) is 0 Å². The van der Waals surface area contributed by atoms with Crippen LogP contribution in [0.3, 0.4) is 0 Å². The van der Waals surface area contributed by atoms with Crippen molar-refractivity contribution in [1.29, 1.82) is 0 Å². The molecule has 0 aliphatic rings. The normalized spacial score (nSPS) is 15.8. The van der Waals surface area contributed by atoms with E-state index in [0.717, 1.165) is 0 Å². The van der Waals surface area contributed by atoms with E-state index in [-0.39, 0.29) is 19.8 Å². The van der Waals surface area contributed by atoms with Crippen molar-refractivity contribution in [1.82, 2.24) is 0 Å². The van der Waals surface area contributed by atoms with Crippen molar-refractivity contribution in [2.24, 2.45) is 0 Å². The van der Waals surface area contributed by atoms with Crippen molar-refractivity contribution in [3.8, 4) is 0 Å². The average Bonchev–Trinajstić information content (AvgIpc) is 2.27. The molecular formula is C12H24ClO6P. The molecule has 8 heteroatoms. The molecule has 0 rings (SSSR count). The van der Waals surface area contributed by atoms with Crippen molar-refractivity contribution < 1.29 is 27.9 Å². The SMILES string of the molecule is CCOC(Cl)(C(=O)OC(C)(C)C)P(=O)(OCC)OCC. The summed E-state index contributed by atoms with van der Waals surface area (Å²) in [6.07, 6.45) is 0. The molecule has 0 radical (unpaired) electrons. The minimum absolute atomic E-state index is 0.0485. The van der Waals surface area contributed by atoms with Gasteiger partial charge in [-0.3, -0.25) is 4.57 Å². The lowest BCUT2D eigenvalue weighted by Gasteiger charge is -2.33. The molecule has 0 heterocycles. The average molecular weight is 331 g/mol. The number of halogens is 1. The lowest BCUT2D eigenvalue weighted by molar-refractivity contribution is -0.167. The van der Waals surface area contributed by atoms with Crippen molar-refractivity contribution in [2.45, 2.75) is 51.9 Å². The fraction of sp³-hybridized carbons (Fsp3) is 0.917. The second-order valence-electron chi connectivity index (χ2n) is 4.83. The number of rotatable bonds is 8. The molecule has 0 N–H and O–H groups in total. The number of hydrogen-bond donors (Lipinski definition) is 0. The van der Waals surface area contributed by atoms with E-state index >= 15 is 0 Å². The van der Waals surface area contributed by atoms with Gasteiger partial charge in [0.25, 0.3) is 0 Å². The summed E-state index contributed by atoms with van der Waals surface area (Å²) >= 11 is 6.15. The zero-order valence-electron chi connectivity index (χ0n) is 12.9. The Morgan fingerprint density at radius 3 is 1.80 bits per heavy atom. The number of ether oxygens (including phenoxy) is 2. The van der Waals surface area contributed by atoms with Gasteiger partial charge in [-0.1, -0.05) is 11.6 Å². The van der Waals surface area contributed by atoms with Crippen LogP contribution in [0.25, 0.3) is 0 Å². The summed E-state index contributed by atoms with van der Waals surface area (Å²) in [6, 6.07) is 0. The zero-order valence-corrected chi connectivity index (χ0v) is 14.5. The van der Waals surface area contributed by atoms with Crippen molar-refractivity contribution >= 4 is 25.2 Å². The van der Waals surface area contributed by atoms with Crippen LogP contribution in [0.5, 0.6) is 0 Å². The maximum absolute atomic E-state index is 12.8. The zero-order chi connectivity index (χ0) is 16.0. The van der Waals surface area contributed by atoms with Crippen LogP contribution in [0.2, 0.25) is 0 Å². The molecule has 0 aromatic rings. The van der Waals surface area contributed by atoms with Crippen molar-refractivity contribution in [3.63, 3.8) is 0 Å². The molecule has 0 aromatic heterocycles. The minimum Gasteiger partial charge on any atom is -0.456 e. The Morgan fingerprint density at radius 1 is 1.05 bits per heavy atom. The third-order valence-corrected chi connectivity index (χ3v) is 5.03. The van der Waals surface area contributed by atoms with Gasteiger partial charge in [0, 0.05) is 6.61 Å². The molecule has 20 heavy (non-hydrogen) atoms. The lowest BCUT2D eigenvalue weighted by atomic mass is 10.2. The summed E-state index contributed by atoms with van der Waals surface area (Å²) in [7, 11) is -4.03. The molecule has 0 amide bonds. The number of carbonyl (C=O) groups is 1. The van der Waals surface area contributed by atoms with Gasteiger partial charge in [0.1, 0.15) is 5.60 Å². The highest BCUT2D eigenvalue weighted by atomic mass is 35.5. The predicted molar refractivity (Wildman–Crippen MR) is 76.9 cm³/mol. The molecule has 0 fully saturated rings. The van der Waals surface area contributed by atoms with E-state index in [9.17, 15) is 9.36 Å². The first-order valence-electron chi connectivity index (χ1n) is 6.51. The molecule has 0 aliphatic carbocycles. The third-order valence-electron chi connectivity index (χ3n) is 1.94. The highest BCUT2D eigenvalue weighted by Crippen LogP contribution is 2.63. The second-order valence-corrected chi connectivity index (χ2v) is 7.77. The molecule has 0 saturated carbocycles. The van der Waals surface area contributed by atoms with E-state index in [1.54, 1.807) is 41.5 Å². The van der Waals surface area contributed by atoms with Crippen LogP contribution >= 0.6 is 19.2 Å². The van der Waals surface area contributed by atoms with Gasteiger partial charge >= 0.3 is 18.4 Å². The standard InChI is InChI=1S/C12H24ClO6P/c1-7-16-12(13,10(14)19-11(4,5)6)20(15,17-8-2)18-9-3/h7-9H2,1-6H3. The Labute approximate surface area is 125 Å². The maximum atomic E-state index is 12.8. The van der Waals surface area contributed by atoms with E-state index in [2.05, 4.69) is 0 Å². The summed E-state index contributed by atoms with van der Waals surface area (Å²) < 4.78 is 33.3. The lowest BCUT2D eigenvalue weighted by Crippen LogP contribution is -2.42. The monoisotopic (exact) mass is 330 g/mol. The smallest absolute Gasteiger partial charge is 0.389 e. The van der Waals surface area contributed by atoms with Crippen LogP contribution in [-0.4, -0.2) is 36.2 Å². The molecule has 0 spiro atoms. The van der Waals surface area contributed by atoms with Gasteiger partial charge in [0.15, 0.2) is 0 Å². The van der Waals surface area contributed by atoms with Crippen LogP contribution in [-0.2, 0) is 27.9 Å². The Bertz CT molecular complexity index is 357. The minimum atomic E-state index is -4.03. The molecular weight excluding hydrogens is 307 g/mol. The second kappa shape index (κ2) is 7.76. The molecule has 1 atom stereocenters. The van der Waals surface area contributed by atoms with E-state index in [1.807, 2.05) is 0 Å². The van der Waals surface area contributed by atoms with Gasteiger partial charge in [-0.15, -0.1) is 0 Å². The van der Waals surface area contributed by atoms with E-state index in [1.165, 1.54) is 0 Å². The van der Waals surface area contributed by atoms with Gasteiger partial charge in [0.2, 0.25) is 0 Å². The summed E-state index contributed by atoms with van der Waals surface area (Å²) in [6.45, 7) is 10.0. The van der Waals surface area contributed by atoms with Crippen molar-refractivity contribution in [2.75, 3.05) is 19.8 Å². The fourth-order valence-electron chi connectivity index (χ4n) is 1.33. The Hall–Kier alpha value is -0.130. The molecule has 0 saturated heterocycles. The Kier molecular flexibility index (Phi) is 7.71. The van der Waals surface area contributed by atoms with Gasteiger partial charge < -0.3 is 18.5 Å². The maximum Gasteiger partial charge on any atom is 0.389 e. The molecule has 0 aliphatic heterocycles. The van der Waals surface area contributed by atoms with Crippen LogP contribution < -0.4 is 0 Å². The number of carbonyl (C=O) groups excluding carboxylic acids is 1. The first-order valence-corrected chi connectivity index (χ1v) is 8.43. The van der Waals surface area contributed by atoms with Gasteiger partial charge in [-0.25, -0.2) is 4.79 Å². The number of esters is 1. The van der Waals surface area contributed by atoms with Gasteiger partial charge in [-0.2, -0.15) is 0 Å². The topological polar surface area (TPSA) is 71.1 Å². The van der Waals surface area contributed by atoms with Crippen molar-refractivity contribution in [3.05, 3.63) is 0 Å². The quantitative estimate of drug-likeness (QED) is 0.385. The van der Waals surface area contributed by atoms with Crippen LogP contribution in [0, 0.1) is 0 Å². The highest BCUT2D eigenvalue weighted by Gasteiger charge is 2.59. The molecule has 120 valence electrons. The van der Waals surface area contributed by atoms with Gasteiger partial charge in [0.05, 0.1) is 13.2 Å². The summed E-state index contributed by atoms with van der Waals surface area (Å²) in [5, 5.41) is 0. The predicted octanol–water partition coefficient (Wildman–Crippen LogP) is 3.52. The fourth-order valence-corrected chi connectivity index (χ4v) is 3.41. The first kappa shape index (κ1) is 19.9. The Balaban J connectivity index is 5.54. The highest BCUT2D eigenvalue weighted by molar-refractivity contribution is 7.58. The molecule has 0 bridgehead atoms. The molecule has 6 nitrogen and oxygen atoms in total. The number of hydrogen-bond acceptors (Lipinski definition) is 6.